The van der Waals surface area contributed by atoms with Crippen molar-refractivity contribution in [2.45, 2.75) is 31.8 Å². The molecule has 2 heterocycles. The second kappa shape index (κ2) is 6.91. The van der Waals surface area contributed by atoms with Crippen molar-refractivity contribution in [1.29, 1.82) is 0 Å². The number of hydrogen-bond donors (Lipinski definition) is 1. The van der Waals surface area contributed by atoms with Crippen molar-refractivity contribution in [3.8, 4) is 5.82 Å². The number of hydrogen-bond acceptors (Lipinski definition) is 4. The van der Waals surface area contributed by atoms with Gasteiger partial charge in [-0.05, 0) is 31.0 Å². The van der Waals surface area contributed by atoms with E-state index < -0.39 is 0 Å². The van der Waals surface area contributed by atoms with Crippen LogP contribution < -0.4 is 0 Å². The molecule has 6 heteroatoms. The lowest BCUT2D eigenvalue weighted by Gasteiger charge is -2.31. The Morgan fingerprint density at radius 1 is 1.35 bits per heavy atom. The fourth-order valence-electron chi connectivity index (χ4n) is 3.11. The molecular formula is C17H22N4O2. The van der Waals surface area contributed by atoms with Gasteiger partial charge in [0.05, 0.1) is 6.10 Å². The summed E-state index contributed by atoms with van der Waals surface area (Å²) in [6.45, 7) is 0.563. The van der Waals surface area contributed by atoms with E-state index in [4.69, 9.17) is 0 Å². The smallest absolute Gasteiger partial charge is 0.272 e. The van der Waals surface area contributed by atoms with Crippen molar-refractivity contribution in [2.24, 2.45) is 5.92 Å². The first-order valence-corrected chi connectivity index (χ1v) is 8.06. The molecule has 3 rings (SSSR count). The van der Waals surface area contributed by atoms with Gasteiger partial charge in [0.15, 0.2) is 5.82 Å². The first-order chi connectivity index (χ1) is 11.1. The molecule has 2 aromatic heterocycles. The number of aliphatic hydroxyl groups is 1. The van der Waals surface area contributed by atoms with Crippen molar-refractivity contribution in [3.05, 3.63) is 42.4 Å². The fourth-order valence-corrected chi connectivity index (χ4v) is 3.11. The summed E-state index contributed by atoms with van der Waals surface area (Å²) < 4.78 is 1.63. The van der Waals surface area contributed by atoms with E-state index in [9.17, 15) is 9.90 Å². The molecule has 1 fully saturated rings. The summed E-state index contributed by atoms with van der Waals surface area (Å²) in [6.07, 6.45) is 7.16. The Hall–Kier alpha value is -2.21. The lowest BCUT2D eigenvalue weighted by Crippen LogP contribution is -2.38. The van der Waals surface area contributed by atoms with E-state index >= 15 is 0 Å². The molecule has 6 nitrogen and oxygen atoms in total. The number of pyridine rings is 1. The van der Waals surface area contributed by atoms with Crippen molar-refractivity contribution in [1.82, 2.24) is 19.7 Å². The Morgan fingerprint density at radius 3 is 2.91 bits per heavy atom. The quantitative estimate of drug-likeness (QED) is 0.935. The maximum atomic E-state index is 12.6. The summed E-state index contributed by atoms with van der Waals surface area (Å²) in [5.74, 6) is 0.649. The zero-order chi connectivity index (χ0) is 16.2. The Balaban J connectivity index is 1.71. The Labute approximate surface area is 135 Å². The molecule has 2 aromatic rings. The summed E-state index contributed by atoms with van der Waals surface area (Å²) in [6, 6.07) is 7.14. The van der Waals surface area contributed by atoms with Crippen LogP contribution in [-0.2, 0) is 0 Å². The fraction of sp³-hybridized carbons (Fsp3) is 0.471. The highest BCUT2D eigenvalue weighted by Gasteiger charge is 2.26. The van der Waals surface area contributed by atoms with E-state index in [2.05, 4.69) is 10.1 Å². The third kappa shape index (κ3) is 3.59. The van der Waals surface area contributed by atoms with Crippen LogP contribution in [-0.4, -0.2) is 50.4 Å². The minimum Gasteiger partial charge on any atom is -0.393 e. The summed E-state index contributed by atoms with van der Waals surface area (Å²) in [4.78, 5) is 18.7. The maximum absolute atomic E-state index is 12.6. The Morgan fingerprint density at radius 2 is 2.17 bits per heavy atom. The predicted molar refractivity (Wildman–Crippen MR) is 86.3 cm³/mol. The van der Waals surface area contributed by atoms with E-state index in [1.54, 1.807) is 41.2 Å². The predicted octanol–water partition coefficient (Wildman–Crippen LogP) is 1.89. The van der Waals surface area contributed by atoms with Gasteiger partial charge in [-0.15, -0.1) is 0 Å². The van der Waals surface area contributed by atoms with Crippen molar-refractivity contribution in [3.63, 3.8) is 0 Å². The molecule has 122 valence electrons. The second-order valence-electron chi connectivity index (χ2n) is 6.13. The van der Waals surface area contributed by atoms with Crippen LogP contribution in [0.25, 0.3) is 5.82 Å². The van der Waals surface area contributed by atoms with E-state index in [0.29, 0.717) is 18.1 Å². The number of aliphatic hydroxyl groups excluding tert-OH is 1. The highest BCUT2D eigenvalue weighted by Crippen LogP contribution is 2.25. The lowest BCUT2D eigenvalue weighted by molar-refractivity contribution is 0.0448. The highest BCUT2D eigenvalue weighted by molar-refractivity contribution is 5.92. The number of nitrogens with zero attached hydrogens (tertiary/aromatic N) is 4. The summed E-state index contributed by atoms with van der Waals surface area (Å²) in [7, 11) is 1.77. The van der Waals surface area contributed by atoms with Crippen molar-refractivity contribution in [2.75, 3.05) is 13.6 Å². The van der Waals surface area contributed by atoms with Gasteiger partial charge in [-0.1, -0.05) is 18.9 Å². The molecular weight excluding hydrogens is 292 g/mol. The molecule has 0 radical (unpaired) electrons. The standard InChI is InChI=1S/C17H22N4O2/c1-20(12-13-6-2-3-8-15(13)22)17(23)14-7-4-9-16(19-14)21-11-5-10-18-21/h4-5,7,9-11,13,15,22H,2-3,6,8,12H2,1H3. The second-order valence-corrected chi connectivity index (χ2v) is 6.13. The van der Waals surface area contributed by atoms with Gasteiger partial charge in [-0.2, -0.15) is 5.10 Å². The highest BCUT2D eigenvalue weighted by atomic mass is 16.3. The van der Waals surface area contributed by atoms with Crippen LogP contribution >= 0.6 is 0 Å². The van der Waals surface area contributed by atoms with E-state index in [1.165, 1.54) is 0 Å². The minimum atomic E-state index is -0.303. The largest absolute Gasteiger partial charge is 0.393 e. The van der Waals surface area contributed by atoms with Gasteiger partial charge >= 0.3 is 0 Å². The average Bonchev–Trinajstić information content (AvgIpc) is 3.11. The zero-order valence-corrected chi connectivity index (χ0v) is 13.3. The number of carbonyl (C=O) groups excluding carboxylic acids is 1. The normalized spacial score (nSPS) is 21.1. The van der Waals surface area contributed by atoms with Crippen molar-refractivity contribution < 1.29 is 9.90 Å². The van der Waals surface area contributed by atoms with Gasteiger partial charge in [0, 0.05) is 31.9 Å². The molecule has 0 bridgehead atoms. The van der Waals surface area contributed by atoms with Crippen LogP contribution in [0.15, 0.2) is 36.7 Å². The zero-order valence-electron chi connectivity index (χ0n) is 13.3. The molecule has 1 aliphatic carbocycles. The van der Waals surface area contributed by atoms with Crippen LogP contribution in [0, 0.1) is 5.92 Å². The van der Waals surface area contributed by atoms with E-state index in [0.717, 1.165) is 25.7 Å². The summed E-state index contributed by atoms with van der Waals surface area (Å²) >= 11 is 0. The molecule has 1 aliphatic rings. The van der Waals surface area contributed by atoms with Gasteiger partial charge in [0.2, 0.25) is 0 Å². The molecule has 2 atom stereocenters. The van der Waals surface area contributed by atoms with Gasteiger partial charge < -0.3 is 10.0 Å². The van der Waals surface area contributed by atoms with Gasteiger partial charge in [-0.3, -0.25) is 4.79 Å². The number of carbonyl (C=O) groups is 1. The Bertz CT molecular complexity index is 656. The monoisotopic (exact) mass is 314 g/mol. The average molecular weight is 314 g/mol. The molecule has 1 N–H and O–H groups in total. The molecule has 0 spiro atoms. The molecule has 0 saturated heterocycles. The molecule has 0 aliphatic heterocycles. The van der Waals surface area contributed by atoms with Gasteiger partial charge in [-0.25, -0.2) is 9.67 Å². The lowest BCUT2D eigenvalue weighted by atomic mass is 9.86. The molecule has 1 amide bonds. The van der Waals surface area contributed by atoms with Crippen LogP contribution in [0.1, 0.15) is 36.2 Å². The van der Waals surface area contributed by atoms with Gasteiger partial charge in [0.25, 0.3) is 5.91 Å². The maximum Gasteiger partial charge on any atom is 0.272 e. The number of rotatable bonds is 4. The summed E-state index contributed by atoms with van der Waals surface area (Å²) in [5, 5.41) is 14.2. The van der Waals surface area contributed by atoms with E-state index in [1.807, 2.05) is 12.1 Å². The third-order valence-electron chi connectivity index (χ3n) is 4.42. The third-order valence-corrected chi connectivity index (χ3v) is 4.42. The van der Waals surface area contributed by atoms with Crippen LogP contribution in [0.2, 0.25) is 0 Å². The first kappa shape index (κ1) is 15.7. The topological polar surface area (TPSA) is 71.2 Å². The molecule has 1 saturated carbocycles. The van der Waals surface area contributed by atoms with Crippen LogP contribution in [0.3, 0.4) is 0 Å². The first-order valence-electron chi connectivity index (χ1n) is 8.06. The SMILES string of the molecule is CN(CC1CCCCC1O)C(=O)c1cccc(-n2cccn2)n1. The molecule has 2 unspecified atom stereocenters. The van der Waals surface area contributed by atoms with Gasteiger partial charge in [0.1, 0.15) is 5.69 Å². The van der Waals surface area contributed by atoms with E-state index in [-0.39, 0.29) is 17.9 Å². The summed E-state index contributed by atoms with van der Waals surface area (Å²) in [5.41, 5.74) is 0.394. The molecule has 0 aromatic carbocycles. The van der Waals surface area contributed by atoms with Crippen LogP contribution in [0.5, 0.6) is 0 Å². The minimum absolute atomic E-state index is 0.128. The Kier molecular flexibility index (Phi) is 4.71. The van der Waals surface area contributed by atoms with Crippen LogP contribution in [0.4, 0.5) is 0 Å². The molecule has 23 heavy (non-hydrogen) atoms. The van der Waals surface area contributed by atoms with Crippen molar-refractivity contribution >= 4 is 5.91 Å². The number of amides is 1. The number of aromatic nitrogens is 3.